The Labute approximate surface area is 169 Å². The number of anilines is 1. The molecule has 2 aromatic rings. The first-order chi connectivity index (χ1) is 14.0. The Morgan fingerprint density at radius 3 is 2.28 bits per heavy atom. The van der Waals surface area contributed by atoms with Gasteiger partial charge in [0.25, 0.3) is 5.91 Å². The van der Waals surface area contributed by atoms with E-state index in [4.69, 9.17) is 23.7 Å². The lowest BCUT2D eigenvalue weighted by Crippen LogP contribution is -2.20. The van der Waals surface area contributed by atoms with Crippen molar-refractivity contribution in [2.45, 2.75) is 0 Å². The van der Waals surface area contributed by atoms with E-state index in [2.05, 4.69) is 5.32 Å². The third kappa shape index (κ3) is 5.90. The number of rotatable bonds is 9. The molecule has 154 valence electrons. The molecule has 2 aromatic carbocycles. The standard InChI is InChI=1S/C21H23NO7/c1-25-16-10-9-15(12-18(16)27-3)22-19(23)13-29-20(24)11-8-14-6-5-7-17(26-2)21(14)28-4/h5-12H,13H2,1-4H3,(H,22,23)/b11-8+. The fraction of sp³-hybridized carbons (Fsp3) is 0.238. The lowest BCUT2D eigenvalue weighted by atomic mass is 10.1. The number of nitrogens with one attached hydrogen (secondary N) is 1. The van der Waals surface area contributed by atoms with Crippen LogP contribution < -0.4 is 24.3 Å². The monoisotopic (exact) mass is 401 g/mol. The van der Waals surface area contributed by atoms with Gasteiger partial charge in [-0.05, 0) is 24.3 Å². The van der Waals surface area contributed by atoms with Gasteiger partial charge in [0.15, 0.2) is 29.6 Å². The zero-order valence-corrected chi connectivity index (χ0v) is 16.7. The number of carbonyl (C=O) groups excluding carboxylic acids is 2. The fourth-order valence-electron chi connectivity index (χ4n) is 2.50. The van der Waals surface area contributed by atoms with Crippen LogP contribution in [0.4, 0.5) is 5.69 Å². The minimum atomic E-state index is -0.669. The van der Waals surface area contributed by atoms with E-state index in [1.54, 1.807) is 36.4 Å². The molecule has 0 radical (unpaired) electrons. The van der Waals surface area contributed by atoms with Gasteiger partial charge < -0.3 is 29.0 Å². The second kappa shape index (κ2) is 10.6. The van der Waals surface area contributed by atoms with Crippen molar-refractivity contribution in [2.75, 3.05) is 40.4 Å². The van der Waals surface area contributed by atoms with Gasteiger partial charge in [0.05, 0.1) is 28.4 Å². The van der Waals surface area contributed by atoms with Gasteiger partial charge in [-0.2, -0.15) is 0 Å². The predicted molar refractivity (Wildman–Crippen MR) is 108 cm³/mol. The van der Waals surface area contributed by atoms with Gasteiger partial charge in [-0.1, -0.05) is 12.1 Å². The summed E-state index contributed by atoms with van der Waals surface area (Å²) in [4.78, 5) is 23.9. The van der Waals surface area contributed by atoms with E-state index in [9.17, 15) is 9.59 Å². The van der Waals surface area contributed by atoms with Gasteiger partial charge in [-0.3, -0.25) is 4.79 Å². The van der Waals surface area contributed by atoms with E-state index in [1.165, 1.54) is 40.6 Å². The Morgan fingerprint density at radius 2 is 1.62 bits per heavy atom. The summed E-state index contributed by atoms with van der Waals surface area (Å²) in [6.07, 6.45) is 2.73. The van der Waals surface area contributed by atoms with Crippen LogP contribution in [-0.4, -0.2) is 46.9 Å². The van der Waals surface area contributed by atoms with E-state index in [0.717, 1.165) is 0 Å². The number of ether oxygens (including phenoxy) is 5. The van der Waals surface area contributed by atoms with Crippen LogP contribution in [-0.2, 0) is 14.3 Å². The molecule has 0 heterocycles. The van der Waals surface area contributed by atoms with Crippen molar-refractivity contribution in [1.82, 2.24) is 0 Å². The van der Waals surface area contributed by atoms with Crippen LogP contribution in [0.5, 0.6) is 23.0 Å². The molecule has 0 aromatic heterocycles. The van der Waals surface area contributed by atoms with Crippen LogP contribution in [0.15, 0.2) is 42.5 Å². The normalized spacial score (nSPS) is 10.3. The first kappa shape index (κ1) is 21.6. The molecular formula is C21H23NO7. The molecule has 0 aliphatic rings. The molecule has 8 heteroatoms. The fourth-order valence-corrected chi connectivity index (χ4v) is 2.50. The molecule has 29 heavy (non-hydrogen) atoms. The van der Waals surface area contributed by atoms with Gasteiger partial charge >= 0.3 is 5.97 Å². The van der Waals surface area contributed by atoms with Crippen molar-refractivity contribution in [1.29, 1.82) is 0 Å². The highest BCUT2D eigenvalue weighted by Crippen LogP contribution is 2.31. The Morgan fingerprint density at radius 1 is 0.897 bits per heavy atom. The van der Waals surface area contributed by atoms with Crippen LogP contribution >= 0.6 is 0 Å². The Hall–Kier alpha value is -3.68. The maximum atomic E-state index is 12.0. The third-order valence-electron chi connectivity index (χ3n) is 3.85. The van der Waals surface area contributed by atoms with Gasteiger partial charge in [-0.25, -0.2) is 4.79 Å². The molecule has 1 N–H and O–H groups in total. The summed E-state index contributed by atoms with van der Waals surface area (Å²) in [5.74, 6) is 0.880. The molecule has 0 atom stereocenters. The number of methoxy groups -OCH3 is 4. The zero-order valence-electron chi connectivity index (χ0n) is 16.7. The van der Waals surface area contributed by atoms with Crippen molar-refractivity contribution in [2.24, 2.45) is 0 Å². The van der Waals surface area contributed by atoms with Gasteiger partial charge in [-0.15, -0.1) is 0 Å². The molecular weight excluding hydrogens is 378 g/mol. The largest absolute Gasteiger partial charge is 0.493 e. The molecule has 0 aliphatic heterocycles. The molecule has 1 amide bonds. The van der Waals surface area contributed by atoms with E-state index >= 15 is 0 Å². The predicted octanol–water partition coefficient (Wildman–Crippen LogP) is 2.92. The maximum Gasteiger partial charge on any atom is 0.331 e. The summed E-state index contributed by atoms with van der Waals surface area (Å²) in [6.45, 7) is -0.438. The van der Waals surface area contributed by atoms with Crippen molar-refractivity contribution in [3.8, 4) is 23.0 Å². The molecule has 0 aliphatic carbocycles. The second-order valence-corrected chi connectivity index (χ2v) is 5.64. The SMILES string of the molecule is COc1ccc(NC(=O)COC(=O)/C=C/c2cccc(OC)c2OC)cc1OC. The van der Waals surface area contributed by atoms with E-state index in [-0.39, 0.29) is 0 Å². The van der Waals surface area contributed by atoms with Crippen molar-refractivity contribution in [3.63, 3.8) is 0 Å². The molecule has 8 nitrogen and oxygen atoms in total. The minimum absolute atomic E-state index is 0.438. The summed E-state index contributed by atoms with van der Waals surface area (Å²) in [6, 6.07) is 10.2. The van der Waals surface area contributed by atoms with E-state index in [1.807, 2.05) is 0 Å². The van der Waals surface area contributed by atoms with Crippen LogP contribution in [0.1, 0.15) is 5.56 Å². The van der Waals surface area contributed by atoms with Crippen molar-refractivity contribution >= 4 is 23.6 Å². The van der Waals surface area contributed by atoms with Gasteiger partial charge in [0.2, 0.25) is 0 Å². The second-order valence-electron chi connectivity index (χ2n) is 5.64. The highest BCUT2D eigenvalue weighted by Gasteiger charge is 2.10. The van der Waals surface area contributed by atoms with Gasteiger partial charge in [0, 0.05) is 23.4 Å². The average molecular weight is 401 g/mol. The number of benzene rings is 2. The number of esters is 1. The minimum Gasteiger partial charge on any atom is -0.493 e. The molecule has 0 saturated heterocycles. The molecule has 2 rings (SSSR count). The van der Waals surface area contributed by atoms with E-state index in [0.29, 0.717) is 34.2 Å². The van der Waals surface area contributed by atoms with Crippen molar-refractivity contribution in [3.05, 3.63) is 48.0 Å². The average Bonchev–Trinajstić information content (AvgIpc) is 2.75. The quantitative estimate of drug-likeness (QED) is 0.510. The summed E-state index contributed by atoms with van der Waals surface area (Å²) in [5.41, 5.74) is 1.12. The smallest absolute Gasteiger partial charge is 0.331 e. The molecule has 0 saturated carbocycles. The first-order valence-corrected chi connectivity index (χ1v) is 8.60. The van der Waals surface area contributed by atoms with Crippen LogP contribution in [0.25, 0.3) is 6.08 Å². The number of amides is 1. The summed E-state index contributed by atoms with van der Waals surface area (Å²) in [5, 5.41) is 2.62. The molecule has 0 unspecified atom stereocenters. The van der Waals surface area contributed by atoms with Gasteiger partial charge in [0.1, 0.15) is 0 Å². The number of hydrogen-bond donors (Lipinski definition) is 1. The summed E-state index contributed by atoms with van der Waals surface area (Å²) < 4.78 is 25.8. The zero-order chi connectivity index (χ0) is 21.2. The van der Waals surface area contributed by atoms with Crippen LogP contribution in [0.3, 0.4) is 0 Å². The van der Waals surface area contributed by atoms with Crippen LogP contribution in [0.2, 0.25) is 0 Å². The van der Waals surface area contributed by atoms with Crippen molar-refractivity contribution < 1.29 is 33.3 Å². The Bertz CT molecular complexity index is 893. The third-order valence-corrected chi connectivity index (χ3v) is 3.85. The lowest BCUT2D eigenvalue weighted by Gasteiger charge is -2.10. The topological polar surface area (TPSA) is 92.3 Å². The Balaban J connectivity index is 1.92. The molecule has 0 spiro atoms. The summed E-state index contributed by atoms with van der Waals surface area (Å²) in [7, 11) is 6.04. The molecule has 0 bridgehead atoms. The lowest BCUT2D eigenvalue weighted by molar-refractivity contribution is -0.142. The summed E-state index contributed by atoms with van der Waals surface area (Å²) >= 11 is 0. The Kier molecular flexibility index (Phi) is 7.90. The highest BCUT2D eigenvalue weighted by molar-refractivity contribution is 5.95. The van der Waals surface area contributed by atoms with E-state index < -0.39 is 18.5 Å². The maximum absolute atomic E-state index is 12.0. The highest BCUT2D eigenvalue weighted by atomic mass is 16.5. The van der Waals surface area contributed by atoms with Crippen LogP contribution in [0, 0.1) is 0 Å². The number of carbonyl (C=O) groups is 2. The first-order valence-electron chi connectivity index (χ1n) is 8.60. The molecule has 0 fully saturated rings. The number of para-hydroxylation sites is 1. The number of hydrogen-bond acceptors (Lipinski definition) is 7.